The summed E-state index contributed by atoms with van der Waals surface area (Å²) in [6.45, 7) is 3.49. The van der Waals surface area contributed by atoms with Crippen molar-refractivity contribution in [2.75, 3.05) is 6.54 Å². The first-order valence-corrected chi connectivity index (χ1v) is 7.10. The van der Waals surface area contributed by atoms with Crippen LogP contribution in [0.4, 0.5) is 0 Å². The van der Waals surface area contributed by atoms with Gasteiger partial charge in [-0.3, -0.25) is 9.69 Å². The molecule has 1 fully saturated rings. The number of carbonyl (C=O) groups is 1. The zero-order chi connectivity index (χ0) is 14.6. The van der Waals surface area contributed by atoms with Crippen molar-refractivity contribution in [2.24, 2.45) is 0 Å². The van der Waals surface area contributed by atoms with Crippen LogP contribution in [0, 0.1) is 11.3 Å². The Kier molecular flexibility index (Phi) is 4.41. The molecule has 0 bridgehead atoms. The van der Waals surface area contributed by atoms with E-state index in [0.717, 1.165) is 31.4 Å². The van der Waals surface area contributed by atoms with Crippen LogP contribution in [0.1, 0.15) is 43.7 Å². The number of rotatable bonds is 5. The first kappa shape index (κ1) is 14.5. The molecule has 1 aromatic rings. The molecule has 0 amide bonds. The largest absolute Gasteiger partial charge is 0.480 e. The maximum Gasteiger partial charge on any atom is 0.324 e. The van der Waals surface area contributed by atoms with Crippen LogP contribution in [0.25, 0.3) is 0 Å². The van der Waals surface area contributed by atoms with Crippen LogP contribution in [0.2, 0.25) is 0 Å². The van der Waals surface area contributed by atoms with Crippen molar-refractivity contribution >= 4 is 5.97 Å². The highest BCUT2D eigenvalue weighted by atomic mass is 16.4. The third kappa shape index (κ3) is 2.68. The second kappa shape index (κ2) is 6.06. The van der Waals surface area contributed by atoms with E-state index in [1.54, 1.807) is 12.1 Å². The summed E-state index contributed by atoms with van der Waals surface area (Å²) >= 11 is 0. The SMILES string of the molecule is CCCC1(C(=O)O)CCCN1Cc1ccc(C#N)cc1. The fourth-order valence-electron chi connectivity index (χ4n) is 3.12. The van der Waals surface area contributed by atoms with Crippen LogP contribution < -0.4 is 0 Å². The van der Waals surface area contributed by atoms with Crippen molar-refractivity contribution in [1.29, 1.82) is 5.26 Å². The molecule has 106 valence electrons. The van der Waals surface area contributed by atoms with Gasteiger partial charge in [-0.05, 0) is 43.5 Å². The Hall–Kier alpha value is -1.86. The Morgan fingerprint density at radius 3 is 2.70 bits per heavy atom. The van der Waals surface area contributed by atoms with E-state index in [1.165, 1.54) is 0 Å². The molecule has 20 heavy (non-hydrogen) atoms. The molecule has 1 heterocycles. The average molecular weight is 272 g/mol. The number of carboxylic acids is 1. The molecule has 1 N–H and O–H groups in total. The summed E-state index contributed by atoms with van der Waals surface area (Å²) in [5, 5.41) is 18.4. The summed E-state index contributed by atoms with van der Waals surface area (Å²) in [7, 11) is 0. The van der Waals surface area contributed by atoms with Gasteiger partial charge in [0, 0.05) is 6.54 Å². The molecule has 2 rings (SSSR count). The third-order valence-electron chi connectivity index (χ3n) is 4.14. The number of hydrogen-bond acceptors (Lipinski definition) is 3. The van der Waals surface area contributed by atoms with Gasteiger partial charge in [0.15, 0.2) is 0 Å². The second-order valence-corrected chi connectivity index (χ2v) is 5.42. The Morgan fingerprint density at radius 1 is 1.45 bits per heavy atom. The standard InChI is InChI=1S/C16H20N2O2/c1-2-8-16(15(19)20)9-3-10-18(16)12-14-6-4-13(11-17)5-7-14/h4-7H,2-3,8-10,12H2,1H3,(H,19,20). The zero-order valence-corrected chi connectivity index (χ0v) is 11.8. The number of hydrogen-bond donors (Lipinski definition) is 1. The maximum atomic E-state index is 11.7. The lowest BCUT2D eigenvalue weighted by molar-refractivity contribution is -0.150. The number of carboxylic acid groups (broad SMARTS) is 1. The van der Waals surface area contributed by atoms with Crippen molar-refractivity contribution in [3.63, 3.8) is 0 Å². The van der Waals surface area contributed by atoms with Crippen molar-refractivity contribution < 1.29 is 9.90 Å². The van der Waals surface area contributed by atoms with E-state index in [0.29, 0.717) is 18.5 Å². The summed E-state index contributed by atoms with van der Waals surface area (Å²) in [5.74, 6) is -0.703. The molecular formula is C16H20N2O2. The molecule has 4 heteroatoms. The van der Waals surface area contributed by atoms with E-state index in [1.807, 2.05) is 19.1 Å². The van der Waals surface area contributed by atoms with Crippen LogP contribution in [-0.4, -0.2) is 28.1 Å². The summed E-state index contributed by atoms with van der Waals surface area (Å²) < 4.78 is 0. The van der Waals surface area contributed by atoms with Crippen LogP contribution in [0.3, 0.4) is 0 Å². The van der Waals surface area contributed by atoms with Gasteiger partial charge in [-0.1, -0.05) is 25.5 Å². The predicted octanol–water partition coefficient (Wildman–Crippen LogP) is 2.78. The topological polar surface area (TPSA) is 64.3 Å². The van der Waals surface area contributed by atoms with Crippen LogP contribution in [0.15, 0.2) is 24.3 Å². The molecule has 1 aromatic carbocycles. The van der Waals surface area contributed by atoms with Crippen LogP contribution in [-0.2, 0) is 11.3 Å². The van der Waals surface area contributed by atoms with Gasteiger partial charge in [0.2, 0.25) is 0 Å². The highest BCUT2D eigenvalue weighted by Gasteiger charge is 2.46. The molecule has 1 saturated heterocycles. The van der Waals surface area contributed by atoms with E-state index in [9.17, 15) is 9.90 Å². The molecule has 1 unspecified atom stereocenters. The van der Waals surface area contributed by atoms with E-state index >= 15 is 0 Å². The van der Waals surface area contributed by atoms with Crippen LogP contribution >= 0.6 is 0 Å². The van der Waals surface area contributed by atoms with Crippen molar-refractivity contribution in [3.8, 4) is 6.07 Å². The molecule has 0 aromatic heterocycles. The Balaban J connectivity index is 2.17. The van der Waals surface area contributed by atoms with Gasteiger partial charge in [0.05, 0.1) is 11.6 Å². The fourth-order valence-corrected chi connectivity index (χ4v) is 3.12. The van der Waals surface area contributed by atoms with Crippen molar-refractivity contribution in [1.82, 2.24) is 4.90 Å². The summed E-state index contributed by atoms with van der Waals surface area (Å²) in [6, 6.07) is 9.49. The molecule has 1 aliphatic rings. The van der Waals surface area contributed by atoms with Gasteiger partial charge in [-0.25, -0.2) is 0 Å². The van der Waals surface area contributed by atoms with E-state index < -0.39 is 11.5 Å². The lowest BCUT2D eigenvalue weighted by Gasteiger charge is -2.34. The highest BCUT2D eigenvalue weighted by molar-refractivity contribution is 5.79. The molecule has 1 atom stereocenters. The molecule has 0 saturated carbocycles. The summed E-state index contributed by atoms with van der Waals surface area (Å²) in [5.41, 5.74) is 0.990. The van der Waals surface area contributed by atoms with Gasteiger partial charge < -0.3 is 5.11 Å². The molecule has 1 aliphatic heterocycles. The third-order valence-corrected chi connectivity index (χ3v) is 4.14. The van der Waals surface area contributed by atoms with Crippen molar-refractivity contribution in [2.45, 2.75) is 44.7 Å². The Morgan fingerprint density at radius 2 is 2.15 bits per heavy atom. The first-order chi connectivity index (χ1) is 9.62. The zero-order valence-electron chi connectivity index (χ0n) is 11.8. The van der Waals surface area contributed by atoms with Gasteiger partial charge in [0.1, 0.15) is 5.54 Å². The number of nitriles is 1. The first-order valence-electron chi connectivity index (χ1n) is 7.10. The van der Waals surface area contributed by atoms with Gasteiger partial charge in [0.25, 0.3) is 0 Å². The number of aliphatic carboxylic acids is 1. The number of benzene rings is 1. The minimum Gasteiger partial charge on any atom is -0.480 e. The smallest absolute Gasteiger partial charge is 0.324 e. The summed E-state index contributed by atoms with van der Waals surface area (Å²) in [4.78, 5) is 13.8. The highest BCUT2D eigenvalue weighted by Crippen LogP contribution is 2.35. The molecular weight excluding hydrogens is 252 g/mol. The predicted molar refractivity (Wildman–Crippen MR) is 76.1 cm³/mol. The number of nitrogens with zero attached hydrogens (tertiary/aromatic N) is 2. The van der Waals surface area contributed by atoms with E-state index in [-0.39, 0.29) is 0 Å². The second-order valence-electron chi connectivity index (χ2n) is 5.42. The Labute approximate surface area is 119 Å². The minimum absolute atomic E-state index is 0.633. The van der Waals surface area contributed by atoms with Gasteiger partial charge in [-0.15, -0.1) is 0 Å². The maximum absolute atomic E-state index is 11.7. The normalized spacial score (nSPS) is 22.6. The lowest BCUT2D eigenvalue weighted by Crippen LogP contribution is -2.49. The van der Waals surface area contributed by atoms with Gasteiger partial charge >= 0.3 is 5.97 Å². The average Bonchev–Trinajstić information content (AvgIpc) is 2.84. The van der Waals surface area contributed by atoms with Crippen LogP contribution in [0.5, 0.6) is 0 Å². The van der Waals surface area contributed by atoms with Gasteiger partial charge in [-0.2, -0.15) is 5.26 Å². The molecule has 0 radical (unpaired) electrons. The van der Waals surface area contributed by atoms with E-state index in [2.05, 4.69) is 11.0 Å². The lowest BCUT2D eigenvalue weighted by atomic mass is 9.90. The monoisotopic (exact) mass is 272 g/mol. The number of likely N-dealkylation sites (tertiary alicyclic amines) is 1. The quantitative estimate of drug-likeness (QED) is 0.895. The molecule has 0 spiro atoms. The molecule has 4 nitrogen and oxygen atoms in total. The molecule has 0 aliphatic carbocycles. The van der Waals surface area contributed by atoms with Crippen molar-refractivity contribution in [3.05, 3.63) is 35.4 Å². The van der Waals surface area contributed by atoms with E-state index in [4.69, 9.17) is 5.26 Å². The minimum atomic E-state index is -0.706. The fraction of sp³-hybridized carbons (Fsp3) is 0.500. The summed E-state index contributed by atoms with van der Waals surface area (Å²) in [6.07, 6.45) is 3.23. The Bertz CT molecular complexity index is 518.